The average Bonchev–Trinajstić information content (AvgIpc) is 3.06. The molecule has 112 valence electrons. The topological polar surface area (TPSA) is 49.4 Å². The maximum absolute atomic E-state index is 12.8. The number of sulfonamides is 1. The summed E-state index contributed by atoms with van der Waals surface area (Å²) in [6, 6.07) is 1.76. The van der Waals surface area contributed by atoms with Crippen LogP contribution in [0.25, 0.3) is 0 Å². The number of hydrogen-bond donors (Lipinski definition) is 1. The standard InChI is InChI=1S/C12H16Cl2N2O2S2/c13-11-7-10(12(14)19-11)20(17,18)16-6-2-4-9(16)8-3-1-5-15-8/h7-9,15H,1-6H2. The van der Waals surface area contributed by atoms with Crippen molar-refractivity contribution in [3.8, 4) is 0 Å². The van der Waals surface area contributed by atoms with Gasteiger partial charge in [0, 0.05) is 18.6 Å². The molecule has 0 saturated carbocycles. The van der Waals surface area contributed by atoms with Crippen LogP contribution < -0.4 is 5.32 Å². The minimum absolute atomic E-state index is 0.0391. The van der Waals surface area contributed by atoms with E-state index in [0.29, 0.717) is 10.9 Å². The summed E-state index contributed by atoms with van der Waals surface area (Å²) in [6.45, 7) is 1.54. The highest BCUT2D eigenvalue weighted by Gasteiger charge is 2.41. The van der Waals surface area contributed by atoms with Crippen LogP contribution in [0.4, 0.5) is 0 Å². The zero-order chi connectivity index (χ0) is 14.3. The fourth-order valence-electron chi connectivity index (χ4n) is 3.13. The Morgan fingerprint density at radius 2 is 2.10 bits per heavy atom. The molecule has 2 saturated heterocycles. The van der Waals surface area contributed by atoms with E-state index in [-0.39, 0.29) is 21.3 Å². The van der Waals surface area contributed by atoms with Gasteiger partial charge in [-0.3, -0.25) is 0 Å². The SMILES string of the molecule is O=S(=O)(c1cc(Cl)sc1Cl)N1CCCC1C1CCCN1. The van der Waals surface area contributed by atoms with E-state index in [9.17, 15) is 8.42 Å². The number of halogens is 2. The number of thiophene rings is 1. The predicted molar refractivity (Wildman–Crippen MR) is 82.3 cm³/mol. The third-order valence-electron chi connectivity index (χ3n) is 4.02. The smallest absolute Gasteiger partial charge is 0.245 e. The van der Waals surface area contributed by atoms with Crippen LogP contribution in [0.2, 0.25) is 8.67 Å². The van der Waals surface area contributed by atoms with Crippen molar-refractivity contribution in [2.75, 3.05) is 13.1 Å². The largest absolute Gasteiger partial charge is 0.312 e. The van der Waals surface area contributed by atoms with Crippen molar-refractivity contribution in [1.29, 1.82) is 0 Å². The van der Waals surface area contributed by atoms with E-state index in [0.717, 1.165) is 43.6 Å². The molecule has 2 aliphatic heterocycles. The molecule has 2 aliphatic rings. The minimum atomic E-state index is -3.55. The van der Waals surface area contributed by atoms with Crippen LogP contribution in [0.1, 0.15) is 25.7 Å². The Hall–Kier alpha value is 0.150. The van der Waals surface area contributed by atoms with Crippen LogP contribution in [0.15, 0.2) is 11.0 Å². The maximum atomic E-state index is 12.8. The Morgan fingerprint density at radius 3 is 2.70 bits per heavy atom. The summed E-state index contributed by atoms with van der Waals surface area (Å²) in [5.41, 5.74) is 0. The number of nitrogens with one attached hydrogen (secondary N) is 1. The Kier molecular flexibility index (Phi) is 4.32. The lowest BCUT2D eigenvalue weighted by Gasteiger charge is -2.28. The Balaban J connectivity index is 1.91. The van der Waals surface area contributed by atoms with Crippen LogP contribution in [0, 0.1) is 0 Å². The summed E-state index contributed by atoms with van der Waals surface area (Å²) in [5, 5.41) is 3.41. The summed E-state index contributed by atoms with van der Waals surface area (Å²) >= 11 is 13.0. The molecule has 1 N–H and O–H groups in total. The van der Waals surface area contributed by atoms with Crippen molar-refractivity contribution < 1.29 is 8.42 Å². The highest BCUT2D eigenvalue weighted by atomic mass is 35.5. The fourth-order valence-corrected chi connectivity index (χ4v) is 6.98. The first-order chi connectivity index (χ1) is 9.50. The molecular weight excluding hydrogens is 339 g/mol. The van der Waals surface area contributed by atoms with Gasteiger partial charge in [-0.1, -0.05) is 23.2 Å². The van der Waals surface area contributed by atoms with Crippen LogP contribution in [-0.2, 0) is 10.0 Å². The number of nitrogens with zero attached hydrogens (tertiary/aromatic N) is 1. The summed E-state index contributed by atoms with van der Waals surface area (Å²) < 4.78 is 27.9. The van der Waals surface area contributed by atoms with Gasteiger partial charge in [-0.05, 0) is 38.3 Å². The minimum Gasteiger partial charge on any atom is -0.312 e. The second kappa shape index (κ2) is 5.74. The second-order valence-electron chi connectivity index (χ2n) is 5.22. The molecule has 2 fully saturated rings. The molecule has 20 heavy (non-hydrogen) atoms. The second-order valence-corrected chi connectivity index (χ2v) is 9.36. The van der Waals surface area contributed by atoms with Gasteiger partial charge in [-0.15, -0.1) is 11.3 Å². The molecule has 0 spiro atoms. The van der Waals surface area contributed by atoms with Crippen molar-refractivity contribution in [3.63, 3.8) is 0 Å². The molecule has 0 aromatic carbocycles. The van der Waals surface area contributed by atoms with Crippen molar-refractivity contribution in [1.82, 2.24) is 9.62 Å². The molecule has 3 heterocycles. The third kappa shape index (κ3) is 2.62. The molecule has 2 unspecified atom stereocenters. The molecule has 0 radical (unpaired) electrons. The van der Waals surface area contributed by atoms with Gasteiger partial charge in [0.25, 0.3) is 0 Å². The molecular formula is C12H16Cl2N2O2S2. The summed E-state index contributed by atoms with van der Waals surface area (Å²) in [7, 11) is -3.55. The van der Waals surface area contributed by atoms with Crippen LogP contribution in [0.3, 0.4) is 0 Å². The molecule has 3 rings (SSSR count). The molecule has 0 amide bonds. The summed E-state index contributed by atoms with van der Waals surface area (Å²) in [6.07, 6.45) is 3.96. The van der Waals surface area contributed by atoms with Gasteiger partial charge in [-0.2, -0.15) is 4.31 Å². The van der Waals surface area contributed by atoms with Gasteiger partial charge in [-0.25, -0.2) is 8.42 Å². The number of hydrogen-bond acceptors (Lipinski definition) is 4. The highest BCUT2D eigenvalue weighted by Crippen LogP contribution is 2.38. The van der Waals surface area contributed by atoms with E-state index in [1.807, 2.05) is 0 Å². The van der Waals surface area contributed by atoms with Crippen molar-refractivity contribution in [2.24, 2.45) is 0 Å². The molecule has 4 nitrogen and oxygen atoms in total. The van der Waals surface area contributed by atoms with Gasteiger partial charge in [0.05, 0.1) is 4.34 Å². The van der Waals surface area contributed by atoms with Gasteiger partial charge in [0.15, 0.2) is 0 Å². The zero-order valence-corrected chi connectivity index (χ0v) is 14.0. The average molecular weight is 355 g/mol. The maximum Gasteiger partial charge on any atom is 0.245 e. The Labute approximate surface area is 133 Å². The fraction of sp³-hybridized carbons (Fsp3) is 0.667. The third-order valence-corrected chi connectivity index (χ3v) is 7.70. The first kappa shape index (κ1) is 15.1. The van der Waals surface area contributed by atoms with E-state index in [4.69, 9.17) is 23.2 Å². The Morgan fingerprint density at radius 1 is 1.30 bits per heavy atom. The van der Waals surface area contributed by atoms with Gasteiger partial charge < -0.3 is 5.32 Å². The van der Waals surface area contributed by atoms with E-state index in [1.54, 1.807) is 4.31 Å². The van der Waals surface area contributed by atoms with E-state index in [2.05, 4.69) is 5.32 Å². The van der Waals surface area contributed by atoms with Crippen molar-refractivity contribution >= 4 is 44.6 Å². The van der Waals surface area contributed by atoms with Crippen LogP contribution in [0.5, 0.6) is 0 Å². The number of rotatable bonds is 3. The quantitative estimate of drug-likeness (QED) is 0.907. The molecule has 2 atom stereocenters. The monoisotopic (exact) mass is 354 g/mol. The predicted octanol–water partition coefficient (Wildman–Crippen LogP) is 2.96. The molecule has 1 aromatic rings. The van der Waals surface area contributed by atoms with E-state index in [1.165, 1.54) is 6.07 Å². The lowest BCUT2D eigenvalue weighted by atomic mass is 10.1. The normalized spacial score (nSPS) is 28.3. The Bertz CT molecular complexity index is 597. The van der Waals surface area contributed by atoms with E-state index < -0.39 is 10.0 Å². The van der Waals surface area contributed by atoms with E-state index >= 15 is 0 Å². The molecule has 8 heteroatoms. The van der Waals surface area contributed by atoms with Crippen molar-refractivity contribution in [2.45, 2.75) is 42.7 Å². The molecule has 0 aliphatic carbocycles. The van der Waals surface area contributed by atoms with Gasteiger partial charge >= 0.3 is 0 Å². The molecule has 0 bridgehead atoms. The van der Waals surface area contributed by atoms with Crippen LogP contribution >= 0.6 is 34.5 Å². The summed E-state index contributed by atoms with van der Waals surface area (Å²) in [4.78, 5) is 0.152. The lowest BCUT2D eigenvalue weighted by Crippen LogP contribution is -2.46. The van der Waals surface area contributed by atoms with Gasteiger partial charge in [0.1, 0.15) is 9.23 Å². The lowest BCUT2D eigenvalue weighted by molar-refractivity contribution is 0.322. The van der Waals surface area contributed by atoms with Gasteiger partial charge in [0.2, 0.25) is 10.0 Å². The zero-order valence-electron chi connectivity index (χ0n) is 10.8. The first-order valence-corrected chi connectivity index (χ1v) is 9.71. The first-order valence-electron chi connectivity index (χ1n) is 6.70. The van der Waals surface area contributed by atoms with Crippen molar-refractivity contribution in [3.05, 3.63) is 14.7 Å². The molecule has 1 aromatic heterocycles. The summed E-state index contributed by atoms with van der Waals surface area (Å²) in [5.74, 6) is 0. The highest BCUT2D eigenvalue weighted by molar-refractivity contribution is 7.89. The van der Waals surface area contributed by atoms with Crippen LogP contribution in [-0.4, -0.2) is 37.9 Å².